The molecule has 1 unspecified atom stereocenters. The third-order valence-electron chi connectivity index (χ3n) is 2.75. The van der Waals surface area contributed by atoms with Gasteiger partial charge in [0.05, 0.1) is 12.4 Å². The SMILES string of the molecule is CC(=O)C(NC(=O)Cn1cnc(C)cc1=O)C(C)C. The van der Waals surface area contributed by atoms with Crippen LogP contribution in [0.1, 0.15) is 26.5 Å². The number of carbonyl (C=O) groups excluding carboxylic acids is 2. The molecule has 0 aromatic carbocycles. The van der Waals surface area contributed by atoms with E-state index in [9.17, 15) is 14.4 Å². The van der Waals surface area contributed by atoms with Crippen molar-refractivity contribution in [2.24, 2.45) is 5.92 Å². The normalized spacial score (nSPS) is 12.3. The molecule has 0 aliphatic rings. The van der Waals surface area contributed by atoms with Crippen molar-refractivity contribution >= 4 is 11.7 Å². The molecule has 0 saturated carbocycles. The molecule has 104 valence electrons. The minimum atomic E-state index is -0.526. The minimum absolute atomic E-state index is 0.00862. The molecule has 0 radical (unpaired) electrons. The van der Waals surface area contributed by atoms with Crippen molar-refractivity contribution in [3.05, 3.63) is 28.4 Å². The molecule has 6 heteroatoms. The fourth-order valence-corrected chi connectivity index (χ4v) is 1.75. The zero-order valence-corrected chi connectivity index (χ0v) is 11.6. The average molecular weight is 265 g/mol. The van der Waals surface area contributed by atoms with Crippen LogP contribution in [-0.2, 0) is 16.1 Å². The van der Waals surface area contributed by atoms with Crippen LogP contribution in [0.15, 0.2) is 17.2 Å². The molecule has 1 heterocycles. The molecule has 6 nitrogen and oxygen atoms in total. The summed E-state index contributed by atoms with van der Waals surface area (Å²) in [5.74, 6) is -0.464. The van der Waals surface area contributed by atoms with Crippen molar-refractivity contribution in [2.75, 3.05) is 0 Å². The monoisotopic (exact) mass is 265 g/mol. The second kappa shape index (κ2) is 6.26. The summed E-state index contributed by atoms with van der Waals surface area (Å²) in [6.07, 6.45) is 1.33. The Bertz CT molecular complexity index is 534. The number of aryl methyl sites for hydroxylation is 1. The lowest BCUT2D eigenvalue weighted by Crippen LogP contribution is -2.45. The predicted octanol–water partition coefficient (Wildman–Crippen LogP) is 0.282. The first-order valence-electron chi connectivity index (χ1n) is 6.14. The quantitative estimate of drug-likeness (QED) is 0.829. The minimum Gasteiger partial charge on any atom is -0.344 e. The van der Waals surface area contributed by atoms with Crippen LogP contribution in [0.4, 0.5) is 0 Å². The Hall–Kier alpha value is -1.98. The Morgan fingerprint density at radius 1 is 1.42 bits per heavy atom. The van der Waals surface area contributed by atoms with Crippen LogP contribution in [0.2, 0.25) is 0 Å². The van der Waals surface area contributed by atoms with Gasteiger partial charge >= 0.3 is 0 Å². The van der Waals surface area contributed by atoms with Crippen LogP contribution in [0.5, 0.6) is 0 Å². The van der Waals surface area contributed by atoms with E-state index in [1.807, 2.05) is 13.8 Å². The molecule has 0 fully saturated rings. The number of nitrogens with one attached hydrogen (secondary N) is 1. The standard InChI is InChI=1S/C13H19N3O3/c1-8(2)13(10(4)17)15-11(18)6-16-7-14-9(3)5-12(16)19/h5,7-8,13H,6H2,1-4H3,(H,15,18). The van der Waals surface area contributed by atoms with Crippen molar-refractivity contribution in [1.82, 2.24) is 14.9 Å². The van der Waals surface area contributed by atoms with E-state index in [1.165, 1.54) is 23.9 Å². The van der Waals surface area contributed by atoms with Gasteiger partial charge in [0.25, 0.3) is 5.56 Å². The molecule has 1 aromatic rings. The molecule has 1 amide bonds. The molecule has 0 spiro atoms. The van der Waals surface area contributed by atoms with Gasteiger partial charge < -0.3 is 5.32 Å². The zero-order valence-electron chi connectivity index (χ0n) is 11.6. The summed E-state index contributed by atoms with van der Waals surface area (Å²) >= 11 is 0. The fraction of sp³-hybridized carbons (Fsp3) is 0.538. The number of hydrogen-bond donors (Lipinski definition) is 1. The molecule has 0 bridgehead atoms. The van der Waals surface area contributed by atoms with Gasteiger partial charge in [-0.25, -0.2) is 4.98 Å². The molecular formula is C13H19N3O3. The van der Waals surface area contributed by atoms with Crippen LogP contribution >= 0.6 is 0 Å². The van der Waals surface area contributed by atoms with E-state index in [-0.39, 0.29) is 29.7 Å². The van der Waals surface area contributed by atoms with Gasteiger partial charge in [-0.15, -0.1) is 0 Å². The number of rotatable bonds is 5. The zero-order chi connectivity index (χ0) is 14.6. The van der Waals surface area contributed by atoms with Crippen molar-refractivity contribution in [1.29, 1.82) is 0 Å². The summed E-state index contributed by atoms with van der Waals surface area (Å²) in [5, 5.41) is 2.63. The molecule has 0 aliphatic carbocycles. The van der Waals surface area contributed by atoms with Gasteiger partial charge in [0.2, 0.25) is 5.91 Å². The van der Waals surface area contributed by atoms with E-state index in [0.717, 1.165) is 0 Å². The van der Waals surface area contributed by atoms with Crippen LogP contribution in [0.3, 0.4) is 0 Å². The van der Waals surface area contributed by atoms with Gasteiger partial charge in [-0.1, -0.05) is 13.8 Å². The van der Waals surface area contributed by atoms with Gasteiger partial charge in [-0.3, -0.25) is 19.0 Å². The maximum absolute atomic E-state index is 11.8. The van der Waals surface area contributed by atoms with Gasteiger partial charge in [0.1, 0.15) is 6.54 Å². The summed E-state index contributed by atoms with van der Waals surface area (Å²) in [6.45, 7) is 6.71. The lowest BCUT2D eigenvalue weighted by molar-refractivity contribution is -0.128. The molecule has 19 heavy (non-hydrogen) atoms. The second-order valence-corrected chi connectivity index (χ2v) is 4.90. The maximum atomic E-state index is 11.8. The van der Waals surface area contributed by atoms with E-state index in [1.54, 1.807) is 6.92 Å². The Morgan fingerprint density at radius 3 is 2.53 bits per heavy atom. The van der Waals surface area contributed by atoms with Crippen molar-refractivity contribution in [3.8, 4) is 0 Å². The highest BCUT2D eigenvalue weighted by Gasteiger charge is 2.20. The van der Waals surface area contributed by atoms with E-state index in [0.29, 0.717) is 5.69 Å². The Balaban J connectivity index is 2.75. The molecular weight excluding hydrogens is 246 g/mol. The number of aromatic nitrogens is 2. The third-order valence-corrected chi connectivity index (χ3v) is 2.75. The maximum Gasteiger partial charge on any atom is 0.253 e. The molecule has 1 N–H and O–H groups in total. The Labute approximate surface area is 111 Å². The first kappa shape index (κ1) is 15.1. The highest BCUT2D eigenvalue weighted by Crippen LogP contribution is 2.02. The molecule has 0 aliphatic heterocycles. The average Bonchev–Trinajstić information content (AvgIpc) is 2.29. The number of carbonyl (C=O) groups is 2. The number of Topliss-reactive ketones (excluding diaryl/α,β-unsaturated/α-hetero) is 1. The van der Waals surface area contributed by atoms with Crippen LogP contribution in [0, 0.1) is 12.8 Å². The highest BCUT2D eigenvalue weighted by atomic mass is 16.2. The van der Waals surface area contributed by atoms with Gasteiger partial charge in [0, 0.05) is 11.8 Å². The summed E-state index contributed by atoms with van der Waals surface area (Å²) in [5.41, 5.74) is 0.317. The van der Waals surface area contributed by atoms with Crippen molar-refractivity contribution < 1.29 is 9.59 Å². The third kappa shape index (κ3) is 4.31. The molecule has 1 rings (SSSR count). The number of hydrogen-bond acceptors (Lipinski definition) is 4. The van der Waals surface area contributed by atoms with Crippen molar-refractivity contribution in [2.45, 2.75) is 40.3 Å². The fourth-order valence-electron chi connectivity index (χ4n) is 1.75. The first-order chi connectivity index (χ1) is 8.81. The predicted molar refractivity (Wildman–Crippen MR) is 70.7 cm³/mol. The number of nitrogens with zero attached hydrogens (tertiary/aromatic N) is 2. The highest BCUT2D eigenvalue weighted by molar-refractivity contribution is 5.87. The summed E-state index contributed by atoms with van der Waals surface area (Å²) in [4.78, 5) is 38.8. The van der Waals surface area contributed by atoms with Crippen LogP contribution in [-0.4, -0.2) is 27.3 Å². The van der Waals surface area contributed by atoms with E-state index in [4.69, 9.17) is 0 Å². The first-order valence-corrected chi connectivity index (χ1v) is 6.14. The molecule has 0 saturated heterocycles. The summed E-state index contributed by atoms with van der Waals surface area (Å²) in [6, 6.07) is 0.833. The molecule has 1 atom stereocenters. The van der Waals surface area contributed by atoms with Crippen LogP contribution in [0.25, 0.3) is 0 Å². The van der Waals surface area contributed by atoms with Gasteiger partial charge in [-0.2, -0.15) is 0 Å². The smallest absolute Gasteiger partial charge is 0.253 e. The number of ketones is 1. The van der Waals surface area contributed by atoms with E-state index in [2.05, 4.69) is 10.3 Å². The summed E-state index contributed by atoms with van der Waals surface area (Å²) < 4.78 is 1.21. The van der Waals surface area contributed by atoms with E-state index >= 15 is 0 Å². The van der Waals surface area contributed by atoms with Crippen LogP contribution < -0.4 is 10.9 Å². The van der Waals surface area contributed by atoms with Crippen molar-refractivity contribution in [3.63, 3.8) is 0 Å². The lowest BCUT2D eigenvalue weighted by atomic mass is 10.0. The van der Waals surface area contributed by atoms with Gasteiger partial charge in [0.15, 0.2) is 5.78 Å². The topological polar surface area (TPSA) is 81.1 Å². The summed E-state index contributed by atoms with van der Waals surface area (Å²) in [7, 11) is 0. The molecule has 1 aromatic heterocycles. The second-order valence-electron chi connectivity index (χ2n) is 4.90. The Kier molecular flexibility index (Phi) is 4.97. The largest absolute Gasteiger partial charge is 0.344 e. The number of amides is 1. The van der Waals surface area contributed by atoms with Gasteiger partial charge in [-0.05, 0) is 19.8 Å². The lowest BCUT2D eigenvalue weighted by Gasteiger charge is -2.19. The van der Waals surface area contributed by atoms with E-state index < -0.39 is 6.04 Å². The Morgan fingerprint density at radius 2 is 2.05 bits per heavy atom.